The summed E-state index contributed by atoms with van der Waals surface area (Å²) in [6, 6.07) is 7.45. The SMILES string of the molecule is Cc1ccc(N2C(=O)C(=CC(C)C)C(C)C2=O)cc1. The highest BCUT2D eigenvalue weighted by molar-refractivity contribution is 6.29. The molecule has 1 heterocycles. The molecular weight excluding hydrogens is 238 g/mol. The number of carbonyl (C=O) groups is 2. The smallest absolute Gasteiger partial charge is 0.261 e. The van der Waals surface area contributed by atoms with E-state index in [0.717, 1.165) is 5.56 Å². The average Bonchev–Trinajstić information content (AvgIpc) is 2.55. The summed E-state index contributed by atoms with van der Waals surface area (Å²) in [5, 5.41) is 0. The fourth-order valence-electron chi connectivity index (χ4n) is 2.25. The molecule has 2 amide bonds. The number of carbonyl (C=O) groups excluding carboxylic acids is 2. The minimum absolute atomic E-state index is 0.138. The fraction of sp³-hybridized carbons (Fsp3) is 0.375. The molecule has 0 radical (unpaired) electrons. The third kappa shape index (κ3) is 2.46. The van der Waals surface area contributed by atoms with Crippen LogP contribution < -0.4 is 4.90 Å². The Morgan fingerprint density at radius 3 is 2.26 bits per heavy atom. The molecule has 0 aliphatic carbocycles. The van der Waals surface area contributed by atoms with E-state index in [9.17, 15) is 9.59 Å². The van der Waals surface area contributed by atoms with Crippen molar-refractivity contribution in [1.82, 2.24) is 0 Å². The standard InChI is InChI=1S/C16H19NO2/c1-10(2)9-14-12(4)15(18)17(16(14)19)13-7-5-11(3)6-8-13/h5-10,12H,1-4H3. The molecule has 3 heteroatoms. The summed E-state index contributed by atoms with van der Waals surface area (Å²) in [5.41, 5.74) is 2.37. The lowest BCUT2D eigenvalue weighted by atomic mass is 10.0. The number of hydrogen-bond acceptors (Lipinski definition) is 2. The van der Waals surface area contributed by atoms with Gasteiger partial charge in [0.15, 0.2) is 0 Å². The number of aryl methyl sites for hydroxylation is 1. The molecule has 1 saturated heterocycles. The van der Waals surface area contributed by atoms with Gasteiger partial charge in [-0.1, -0.05) is 37.6 Å². The first-order chi connectivity index (χ1) is 8.91. The van der Waals surface area contributed by atoms with Crippen molar-refractivity contribution < 1.29 is 9.59 Å². The van der Waals surface area contributed by atoms with Gasteiger partial charge in [0.1, 0.15) is 0 Å². The Bertz CT molecular complexity index is 540. The van der Waals surface area contributed by atoms with Crippen molar-refractivity contribution >= 4 is 17.5 Å². The van der Waals surface area contributed by atoms with Crippen LogP contribution in [0, 0.1) is 18.8 Å². The van der Waals surface area contributed by atoms with Gasteiger partial charge in [0.05, 0.1) is 11.6 Å². The molecule has 0 aromatic heterocycles. The zero-order chi connectivity index (χ0) is 14.2. The highest BCUT2D eigenvalue weighted by Gasteiger charge is 2.41. The summed E-state index contributed by atoms with van der Waals surface area (Å²) in [7, 11) is 0. The average molecular weight is 257 g/mol. The Labute approximate surface area is 113 Å². The van der Waals surface area contributed by atoms with E-state index in [0.29, 0.717) is 11.3 Å². The molecule has 0 saturated carbocycles. The van der Waals surface area contributed by atoms with E-state index in [1.807, 2.05) is 51.1 Å². The van der Waals surface area contributed by atoms with E-state index in [1.54, 1.807) is 6.92 Å². The highest BCUT2D eigenvalue weighted by Crippen LogP contribution is 2.31. The molecular formula is C16H19NO2. The van der Waals surface area contributed by atoms with E-state index in [4.69, 9.17) is 0 Å². The lowest BCUT2D eigenvalue weighted by molar-refractivity contribution is -0.122. The third-order valence-electron chi connectivity index (χ3n) is 3.31. The summed E-state index contributed by atoms with van der Waals surface area (Å²) >= 11 is 0. The molecule has 1 aromatic carbocycles. The Hall–Kier alpha value is -1.90. The number of nitrogens with zero attached hydrogens (tertiary/aromatic N) is 1. The van der Waals surface area contributed by atoms with E-state index in [1.165, 1.54) is 4.90 Å². The van der Waals surface area contributed by atoms with E-state index in [-0.39, 0.29) is 23.7 Å². The summed E-state index contributed by atoms with van der Waals surface area (Å²) in [5.74, 6) is -0.417. The van der Waals surface area contributed by atoms with E-state index in [2.05, 4.69) is 0 Å². The van der Waals surface area contributed by atoms with Gasteiger partial charge in [0.2, 0.25) is 5.91 Å². The molecule has 1 fully saturated rings. The predicted octanol–water partition coefficient (Wildman–Crippen LogP) is 3.09. The summed E-state index contributed by atoms with van der Waals surface area (Å²) < 4.78 is 0. The monoisotopic (exact) mass is 257 g/mol. The van der Waals surface area contributed by atoms with Crippen LogP contribution in [0.25, 0.3) is 0 Å². The van der Waals surface area contributed by atoms with Gasteiger partial charge in [-0.2, -0.15) is 0 Å². The first kappa shape index (κ1) is 13.5. The summed E-state index contributed by atoms with van der Waals surface area (Å²) in [6.07, 6.45) is 1.89. The van der Waals surface area contributed by atoms with Crippen LogP contribution >= 0.6 is 0 Å². The number of anilines is 1. The van der Waals surface area contributed by atoms with Crippen LogP contribution in [-0.2, 0) is 9.59 Å². The summed E-state index contributed by atoms with van der Waals surface area (Å²) in [6.45, 7) is 7.78. The van der Waals surface area contributed by atoms with Crippen LogP contribution in [0.5, 0.6) is 0 Å². The van der Waals surface area contributed by atoms with Crippen LogP contribution in [0.3, 0.4) is 0 Å². The molecule has 0 spiro atoms. The van der Waals surface area contributed by atoms with Crippen LogP contribution in [0.15, 0.2) is 35.9 Å². The van der Waals surface area contributed by atoms with Crippen molar-refractivity contribution in [2.24, 2.45) is 11.8 Å². The topological polar surface area (TPSA) is 37.4 Å². The van der Waals surface area contributed by atoms with Gasteiger partial charge in [-0.3, -0.25) is 9.59 Å². The number of benzene rings is 1. The zero-order valence-electron chi connectivity index (χ0n) is 11.8. The molecule has 19 heavy (non-hydrogen) atoms. The first-order valence-corrected chi connectivity index (χ1v) is 6.58. The molecule has 3 nitrogen and oxygen atoms in total. The van der Waals surface area contributed by atoms with Crippen molar-refractivity contribution in [3.8, 4) is 0 Å². The van der Waals surface area contributed by atoms with Gasteiger partial charge < -0.3 is 0 Å². The van der Waals surface area contributed by atoms with Crippen molar-refractivity contribution in [3.63, 3.8) is 0 Å². The molecule has 1 aliphatic rings. The first-order valence-electron chi connectivity index (χ1n) is 6.58. The van der Waals surface area contributed by atoms with Crippen LogP contribution in [-0.4, -0.2) is 11.8 Å². The fourth-order valence-corrected chi connectivity index (χ4v) is 2.25. The second-order valence-corrected chi connectivity index (χ2v) is 5.40. The second kappa shape index (κ2) is 5.00. The summed E-state index contributed by atoms with van der Waals surface area (Å²) in [4.78, 5) is 25.9. The number of rotatable bonds is 2. The predicted molar refractivity (Wildman–Crippen MR) is 75.8 cm³/mol. The van der Waals surface area contributed by atoms with Crippen LogP contribution in [0.1, 0.15) is 26.3 Å². The Morgan fingerprint density at radius 2 is 1.74 bits per heavy atom. The number of allylic oxidation sites excluding steroid dienone is 1. The second-order valence-electron chi connectivity index (χ2n) is 5.40. The molecule has 2 rings (SSSR count). The van der Waals surface area contributed by atoms with Gasteiger partial charge in [0, 0.05) is 5.57 Å². The van der Waals surface area contributed by atoms with Gasteiger partial charge in [0.25, 0.3) is 5.91 Å². The van der Waals surface area contributed by atoms with E-state index >= 15 is 0 Å². The molecule has 100 valence electrons. The molecule has 1 aliphatic heterocycles. The maximum atomic E-state index is 12.4. The number of amides is 2. The Balaban J connectivity index is 2.40. The highest BCUT2D eigenvalue weighted by atomic mass is 16.2. The third-order valence-corrected chi connectivity index (χ3v) is 3.31. The lowest BCUT2D eigenvalue weighted by Crippen LogP contribution is -2.30. The quantitative estimate of drug-likeness (QED) is 0.603. The number of imide groups is 1. The minimum Gasteiger partial charge on any atom is -0.273 e. The van der Waals surface area contributed by atoms with Crippen molar-refractivity contribution in [2.45, 2.75) is 27.7 Å². The zero-order valence-corrected chi connectivity index (χ0v) is 11.8. The molecule has 0 N–H and O–H groups in total. The number of hydrogen-bond donors (Lipinski definition) is 0. The van der Waals surface area contributed by atoms with Crippen molar-refractivity contribution in [1.29, 1.82) is 0 Å². The van der Waals surface area contributed by atoms with E-state index < -0.39 is 0 Å². The largest absolute Gasteiger partial charge is 0.273 e. The Kier molecular flexibility index (Phi) is 3.56. The van der Waals surface area contributed by atoms with Gasteiger partial charge in [-0.25, -0.2) is 4.90 Å². The maximum Gasteiger partial charge on any atom is 0.261 e. The molecule has 1 aromatic rings. The molecule has 0 bridgehead atoms. The van der Waals surface area contributed by atoms with Gasteiger partial charge in [-0.05, 0) is 31.9 Å². The van der Waals surface area contributed by atoms with Crippen molar-refractivity contribution in [2.75, 3.05) is 4.90 Å². The maximum absolute atomic E-state index is 12.4. The lowest BCUT2D eigenvalue weighted by Gasteiger charge is -2.13. The molecule has 1 atom stereocenters. The normalized spacial score (nSPS) is 21.8. The van der Waals surface area contributed by atoms with Gasteiger partial charge in [-0.15, -0.1) is 0 Å². The molecule has 1 unspecified atom stereocenters. The van der Waals surface area contributed by atoms with Crippen LogP contribution in [0.4, 0.5) is 5.69 Å². The Morgan fingerprint density at radius 1 is 1.16 bits per heavy atom. The minimum atomic E-state index is -0.351. The van der Waals surface area contributed by atoms with Crippen LogP contribution in [0.2, 0.25) is 0 Å². The van der Waals surface area contributed by atoms with Crippen molar-refractivity contribution in [3.05, 3.63) is 41.5 Å². The van der Waals surface area contributed by atoms with Gasteiger partial charge >= 0.3 is 0 Å².